The number of carbonyl (C=O) groups excluding carboxylic acids is 1. The molecule has 0 heterocycles. The average molecular weight is 373 g/mol. The van der Waals surface area contributed by atoms with E-state index in [4.69, 9.17) is 16.2 Å². The number of hydrogen-bond acceptors (Lipinski definition) is 4. The Morgan fingerprint density at radius 3 is 2.26 bits per heavy atom. The molecule has 0 amide bonds. The highest BCUT2D eigenvalue weighted by Gasteiger charge is 2.28. The molecular weight excluding hydrogens is 336 g/mol. The van der Waals surface area contributed by atoms with Gasteiger partial charge < -0.3 is 16.2 Å². The molecule has 1 aromatic carbocycles. The van der Waals surface area contributed by atoms with Gasteiger partial charge in [-0.25, -0.2) is 0 Å². The van der Waals surface area contributed by atoms with Crippen LogP contribution in [0.15, 0.2) is 17.7 Å². The molecule has 4 nitrogen and oxygen atoms in total. The highest BCUT2D eigenvalue weighted by atomic mass is 16.5. The number of rotatable bonds is 2. The van der Waals surface area contributed by atoms with Gasteiger partial charge in [-0.05, 0) is 41.7 Å². The Balaban J connectivity index is 2.74. The monoisotopic (exact) mass is 372 g/mol. The first-order valence-electron chi connectivity index (χ1n) is 9.89. The maximum atomic E-state index is 11.8. The molecule has 0 radical (unpaired) electrons. The van der Waals surface area contributed by atoms with Gasteiger partial charge in [-0.15, -0.1) is 0 Å². The van der Waals surface area contributed by atoms with Crippen molar-refractivity contribution in [2.75, 3.05) is 0 Å². The van der Waals surface area contributed by atoms with E-state index in [0.717, 1.165) is 36.0 Å². The summed E-state index contributed by atoms with van der Waals surface area (Å²) < 4.78 is 5.72. The summed E-state index contributed by atoms with van der Waals surface area (Å²) in [6, 6.07) is 4.13. The molecule has 4 N–H and O–H groups in total. The Morgan fingerprint density at radius 1 is 1.11 bits per heavy atom. The molecule has 0 spiro atoms. The molecular formula is C23H36N2O2. The SMILES string of the molecule is CC(=O)Oc1c(C=C2CCCC(N)C2N)cc(C(C)(C)C)cc1C(C)(C)C. The second kappa shape index (κ2) is 7.76. The third kappa shape index (κ3) is 5.20. The third-order valence-corrected chi connectivity index (χ3v) is 5.27. The van der Waals surface area contributed by atoms with Gasteiger partial charge in [0.05, 0.1) is 0 Å². The van der Waals surface area contributed by atoms with Crippen LogP contribution in [-0.2, 0) is 15.6 Å². The second-order valence-corrected chi connectivity index (χ2v) is 9.84. The maximum Gasteiger partial charge on any atom is 0.308 e. The van der Waals surface area contributed by atoms with Crippen molar-refractivity contribution in [2.24, 2.45) is 11.5 Å². The molecule has 150 valence electrons. The number of hydrogen-bond donors (Lipinski definition) is 2. The summed E-state index contributed by atoms with van der Waals surface area (Å²) in [4.78, 5) is 11.8. The molecule has 1 fully saturated rings. The van der Waals surface area contributed by atoms with E-state index in [-0.39, 0.29) is 28.9 Å². The molecule has 2 atom stereocenters. The minimum Gasteiger partial charge on any atom is -0.426 e. The number of nitrogens with two attached hydrogens (primary N) is 2. The molecule has 1 aromatic rings. The highest BCUT2D eigenvalue weighted by Crippen LogP contribution is 2.40. The Bertz CT molecular complexity index is 736. The van der Waals surface area contributed by atoms with Crippen molar-refractivity contribution in [3.8, 4) is 5.75 Å². The van der Waals surface area contributed by atoms with E-state index in [1.54, 1.807) is 0 Å². The van der Waals surface area contributed by atoms with E-state index < -0.39 is 0 Å². The number of carbonyl (C=O) groups is 1. The lowest BCUT2D eigenvalue weighted by Gasteiger charge is -2.30. The van der Waals surface area contributed by atoms with Crippen LogP contribution < -0.4 is 16.2 Å². The van der Waals surface area contributed by atoms with Crippen molar-refractivity contribution in [3.63, 3.8) is 0 Å². The molecule has 1 aliphatic rings. The molecule has 0 bridgehead atoms. The van der Waals surface area contributed by atoms with Crippen molar-refractivity contribution in [2.45, 2.75) is 90.6 Å². The Kier molecular flexibility index (Phi) is 6.23. The molecule has 2 unspecified atom stereocenters. The topological polar surface area (TPSA) is 78.3 Å². The number of esters is 1. The molecule has 0 aliphatic heterocycles. The summed E-state index contributed by atoms with van der Waals surface area (Å²) >= 11 is 0. The predicted molar refractivity (Wildman–Crippen MR) is 113 cm³/mol. The fourth-order valence-electron chi connectivity index (χ4n) is 3.54. The normalized spacial score (nSPS) is 22.8. The number of ether oxygens (including phenoxy) is 1. The largest absolute Gasteiger partial charge is 0.426 e. The van der Waals surface area contributed by atoms with E-state index >= 15 is 0 Å². The molecule has 27 heavy (non-hydrogen) atoms. The summed E-state index contributed by atoms with van der Waals surface area (Å²) in [7, 11) is 0. The Hall–Kier alpha value is -1.65. The van der Waals surface area contributed by atoms with E-state index in [2.05, 4.69) is 59.8 Å². The lowest BCUT2D eigenvalue weighted by molar-refractivity contribution is -0.131. The minimum atomic E-state index is -0.312. The van der Waals surface area contributed by atoms with Crippen LogP contribution in [0.1, 0.15) is 84.4 Å². The molecule has 1 saturated carbocycles. The first kappa shape index (κ1) is 21.6. The van der Waals surface area contributed by atoms with Crippen molar-refractivity contribution >= 4 is 12.0 Å². The van der Waals surface area contributed by atoms with Gasteiger partial charge in [-0.3, -0.25) is 4.79 Å². The van der Waals surface area contributed by atoms with Gasteiger partial charge in [0.25, 0.3) is 0 Å². The zero-order valence-electron chi connectivity index (χ0n) is 18.0. The minimum absolute atomic E-state index is 0.0185. The second-order valence-electron chi connectivity index (χ2n) is 9.84. The molecule has 1 aliphatic carbocycles. The van der Waals surface area contributed by atoms with Gasteiger partial charge in [-0.2, -0.15) is 0 Å². The smallest absolute Gasteiger partial charge is 0.308 e. The molecule has 4 heteroatoms. The van der Waals surface area contributed by atoms with Crippen LogP contribution in [0.3, 0.4) is 0 Å². The van der Waals surface area contributed by atoms with E-state index in [9.17, 15) is 4.79 Å². The fourth-order valence-corrected chi connectivity index (χ4v) is 3.54. The van der Waals surface area contributed by atoms with Gasteiger partial charge in [-0.1, -0.05) is 59.3 Å². The number of benzene rings is 1. The van der Waals surface area contributed by atoms with Crippen LogP contribution in [0.2, 0.25) is 0 Å². The quantitative estimate of drug-likeness (QED) is 0.595. The molecule has 2 rings (SSSR count). The van der Waals surface area contributed by atoms with Crippen LogP contribution in [0.25, 0.3) is 6.08 Å². The fraction of sp³-hybridized carbons (Fsp3) is 0.609. The molecule has 0 aromatic heterocycles. The van der Waals surface area contributed by atoms with Gasteiger partial charge in [0.1, 0.15) is 5.75 Å². The van der Waals surface area contributed by atoms with Crippen LogP contribution >= 0.6 is 0 Å². The van der Waals surface area contributed by atoms with Gasteiger partial charge in [0.15, 0.2) is 0 Å². The molecule has 0 saturated heterocycles. The van der Waals surface area contributed by atoms with E-state index in [1.165, 1.54) is 12.5 Å². The Labute approximate surface area is 164 Å². The van der Waals surface area contributed by atoms with Crippen molar-refractivity contribution in [1.82, 2.24) is 0 Å². The predicted octanol–water partition coefficient (Wildman–Crippen LogP) is 4.43. The zero-order chi connectivity index (χ0) is 20.6. The summed E-state index contributed by atoms with van der Waals surface area (Å²) in [5, 5.41) is 0. The van der Waals surface area contributed by atoms with Crippen LogP contribution in [0.4, 0.5) is 0 Å². The summed E-state index contributed by atoms with van der Waals surface area (Å²) in [6.07, 6.45) is 5.02. The third-order valence-electron chi connectivity index (χ3n) is 5.27. The standard InChI is InChI=1S/C23H36N2O2/c1-14(26)27-21-16(11-15-9-8-10-19(24)20(15)25)12-17(22(2,3)4)13-18(21)23(5,6)7/h11-13,19-20H,8-10,24-25H2,1-7H3. The average Bonchev–Trinajstić information content (AvgIpc) is 2.50. The van der Waals surface area contributed by atoms with Crippen molar-refractivity contribution < 1.29 is 9.53 Å². The summed E-state index contributed by atoms with van der Waals surface area (Å²) in [5.74, 6) is 0.329. The maximum absolute atomic E-state index is 11.8. The lowest BCUT2D eigenvalue weighted by atomic mass is 9.78. The van der Waals surface area contributed by atoms with Crippen molar-refractivity contribution in [1.29, 1.82) is 0 Å². The highest BCUT2D eigenvalue weighted by molar-refractivity contribution is 5.74. The Morgan fingerprint density at radius 2 is 1.74 bits per heavy atom. The van der Waals surface area contributed by atoms with Crippen LogP contribution in [0.5, 0.6) is 5.75 Å². The van der Waals surface area contributed by atoms with Crippen molar-refractivity contribution in [3.05, 3.63) is 34.4 Å². The van der Waals surface area contributed by atoms with Crippen LogP contribution in [-0.4, -0.2) is 18.1 Å². The summed E-state index contributed by atoms with van der Waals surface area (Å²) in [6.45, 7) is 14.4. The van der Waals surface area contributed by atoms with Gasteiger partial charge in [0, 0.05) is 30.1 Å². The van der Waals surface area contributed by atoms with Crippen LogP contribution in [0, 0.1) is 0 Å². The van der Waals surface area contributed by atoms with E-state index in [0.29, 0.717) is 5.75 Å². The lowest BCUT2D eigenvalue weighted by Crippen LogP contribution is -2.45. The van der Waals surface area contributed by atoms with E-state index in [1.807, 2.05) is 0 Å². The zero-order valence-corrected chi connectivity index (χ0v) is 18.0. The van der Waals surface area contributed by atoms with Gasteiger partial charge in [0.2, 0.25) is 0 Å². The summed E-state index contributed by atoms with van der Waals surface area (Å²) in [5.41, 5.74) is 16.7. The van der Waals surface area contributed by atoms with Gasteiger partial charge >= 0.3 is 5.97 Å². The first-order chi connectivity index (χ1) is 12.3. The first-order valence-corrected chi connectivity index (χ1v) is 9.89.